The number of hydrogen-bond donors (Lipinski definition) is 8. The van der Waals surface area contributed by atoms with Crippen molar-refractivity contribution in [2.75, 3.05) is 13.1 Å². The Bertz CT molecular complexity index is 1110. The zero-order valence-electron chi connectivity index (χ0n) is 23.4. The van der Waals surface area contributed by atoms with E-state index in [1.54, 1.807) is 24.3 Å². The van der Waals surface area contributed by atoms with Gasteiger partial charge in [-0.15, -0.1) is 6.58 Å². The topological polar surface area (TPSA) is 245 Å². The van der Waals surface area contributed by atoms with Crippen molar-refractivity contribution in [2.45, 2.75) is 63.5 Å². The van der Waals surface area contributed by atoms with Crippen molar-refractivity contribution in [3.63, 3.8) is 0 Å². The van der Waals surface area contributed by atoms with Crippen LogP contribution in [0.4, 0.5) is 0 Å². The first-order valence-electron chi connectivity index (χ1n) is 13.8. The summed E-state index contributed by atoms with van der Waals surface area (Å²) >= 11 is 0. The second-order valence-corrected chi connectivity index (χ2v) is 10.2. The maximum Gasteiger partial charge on any atom is 0.243 e. The van der Waals surface area contributed by atoms with Gasteiger partial charge >= 0.3 is 0 Å². The summed E-state index contributed by atoms with van der Waals surface area (Å²) in [6, 6.07) is 4.74. The fourth-order valence-corrected chi connectivity index (χ4v) is 4.83. The molecule has 2 rings (SSSR count). The number of aliphatic imine (C=N–C) groups is 1. The van der Waals surface area contributed by atoms with Crippen LogP contribution in [-0.2, 0) is 25.6 Å². The molecule has 0 heterocycles. The largest absolute Gasteiger partial charge is 0.384 e. The number of hydrogen-bond acceptors (Lipinski definition) is 6. The molecule has 1 saturated carbocycles. The molecule has 0 aliphatic heterocycles. The molecule has 1 aromatic carbocycles. The molecule has 12 N–H and O–H groups in total. The summed E-state index contributed by atoms with van der Waals surface area (Å²) in [7, 11) is 0. The van der Waals surface area contributed by atoms with E-state index in [0.29, 0.717) is 30.4 Å². The van der Waals surface area contributed by atoms with Gasteiger partial charge in [0.25, 0.3) is 0 Å². The quantitative estimate of drug-likeness (QED) is 0.0426. The van der Waals surface area contributed by atoms with Gasteiger partial charge in [-0.05, 0) is 43.6 Å². The van der Waals surface area contributed by atoms with E-state index in [9.17, 15) is 19.2 Å². The first kappa shape index (κ1) is 32.8. The lowest BCUT2D eigenvalue weighted by Crippen LogP contribution is -2.57. The lowest BCUT2D eigenvalue weighted by Gasteiger charge is -2.32. The van der Waals surface area contributed by atoms with E-state index in [0.717, 1.165) is 19.3 Å². The molecule has 13 heteroatoms. The first-order chi connectivity index (χ1) is 19.5. The predicted octanol–water partition coefficient (Wildman–Crippen LogP) is -0.480. The molecule has 3 atom stereocenters. The molecule has 0 saturated heterocycles. The average Bonchev–Trinajstić information content (AvgIpc) is 2.95. The fourth-order valence-electron chi connectivity index (χ4n) is 4.83. The number of primary amides is 1. The van der Waals surface area contributed by atoms with Gasteiger partial charge < -0.3 is 38.9 Å². The van der Waals surface area contributed by atoms with E-state index < -0.39 is 41.6 Å². The van der Waals surface area contributed by atoms with E-state index in [1.807, 2.05) is 0 Å². The normalized spacial score (nSPS) is 15.4. The van der Waals surface area contributed by atoms with Crippen molar-refractivity contribution in [3.8, 4) is 0 Å². The molecule has 0 radical (unpaired) electrons. The lowest BCUT2D eigenvalue weighted by atomic mass is 9.83. The van der Waals surface area contributed by atoms with Crippen LogP contribution in [0.1, 0.15) is 56.1 Å². The van der Waals surface area contributed by atoms with E-state index in [-0.39, 0.29) is 43.6 Å². The maximum absolute atomic E-state index is 13.6. The maximum atomic E-state index is 13.6. The molecule has 1 aliphatic carbocycles. The van der Waals surface area contributed by atoms with Crippen LogP contribution in [0.3, 0.4) is 0 Å². The minimum absolute atomic E-state index is 0.0563. The highest BCUT2D eigenvalue weighted by molar-refractivity contribution is 6.02. The molecular weight excluding hydrogens is 526 g/mol. The third kappa shape index (κ3) is 10.9. The highest BCUT2D eigenvalue weighted by Crippen LogP contribution is 2.27. The van der Waals surface area contributed by atoms with Crippen LogP contribution in [-0.4, -0.2) is 60.6 Å². The van der Waals surface area contributed by atoms with Gasteiger partial charge in [0.1, 0.15) is 23.8 Å². The van der Waals surface area contributed by atoms with Crippen LogP contribution in [0.25, 0.3) is 0 Å². The van der Waals surface area contributed by atoms with Gasteiger partial charge in [-0.25, -0.2) is 0 Å². The standard InChI is InChI=1S/C28H43N9O4/c1-2-14-34-25(39)20(16-17-10-12-19(13-11-17)23(29)30)26(40)37-22(18-7-4-3-5-8-18)27(41)36-21(24(31)38)9-6-15-35-28(32)33/h2,10-13,18,20-22H,1,3-9,14-16H2,(H3,29,30)(H2,31,38)(H,34,39)(H,36,41)(H,37,40)(H4,32,33,35)/t20?,21-,22-/m0/s1. The van der Waals surface area contributed by atoms with Gasteiger partial charge in [0.05, 0.1) is 0 Å². The Hall–Kier alpha value is -4.42. The summed E-state index contributed by atoms with van der Waals surface area (Å²) in [5, 5.41) is 15.8. The van der Waals surface area contributed by atoms with E-state index in [1.165, 1.54) is 6.08 Å². The van der Waals surface area contributed by atoms with Gasteiger partial charge in [0.2, 0.25) is 23.6 Å². The molecule has 224 valence electrons. The number of amides is 4. The van der Waals surface area contributed by atoms with Crippen LogP contribution in [0.5, 0.6) is 0 Å². The zero-order chi connectivity index (χ0) is 30.4. The smallest absolute Gasteiger partial charge is 0.243 e. The number of nitrogens with zero attached hydrogens (tertiary/aromatic N) is 1. The minimum Gasteiger partial charge on any atom is -0.384 e. The molecule has 1 aromatic rings. The van der Waals surface area contributed by atoms with Gasteiger partial charge in [-0.1, -0.05) is 49.6 Å². The monoisotopic (exact) mass is 569 g/mol. The Labute approximate surface area is 240 Å². The number of amidine groups is 1. The van der Waals surface area contributed by atoms with Crippen molar-refractivity contribution >= 4 is 35.4 Å². The molecule has 1 aliphatic rings. The van der Waals surface area contributed by atoms with E-state index in [2.05, 4.69) is 27.5 Å². The Kier molecular flexibility index (Phi) is 13.3. The summed E-state index contributed by atoms with van der Waals surface area (Å²) in [6.45, 7) is 4.03. The van der Waals surface area contributed by atoms with Crippen LogP contribution in [0, 0.1) is 17.2 Å². The molecule has 4 amide bonds. The van der Waals surface area contributed by atoms with Crippen molar-refractivity contribution < 1.29 is 19.2 Å². The van der Waals surface area contributed by atoms with Crippen molar-refractivity contribution in [2.24, 2.45) is 39.8 Å². The van der Waals surface area contributed by atoms with E-state index >= 15 is 0 Å². The van der Waals surface area contributed by atoms with E-state index in [4.69, 9.17) is 28.3 Å². The number of carbonyl (C=O) groups excluding carboxylic acids is 4. The second kappa shape index (κ2) is 16.6. The van der Waals surface area contributed by atoms with Crippen LogP contribution in [0.2, 0.25) is 0 Å². The molecule has 0 bridgehead atoms. The molecule has 41 heavy (non-hydrogen) atoms. The molecule has 1 fully saturated rings. The molecule has 1 unspecified atom stereocenters. The van der Waals surface area contributed by atoms with Gasteiger partial charge in [-0.3, -0.25) is 29.6 Å². The number of nitrogens with two attached hydrogens (primary N) is 4. The highest BCUT2D eigenvalue weighted by atomic mass is 16.2. The van der Waals surface area contributed by atoms with Crippen molar-refractivity contribution in [1.82, 2.24) is 16.0 Å². The fraction of sp³-hybridized carbons (Fsp3) is 0.500. The summed E-state index contributed by atoms with van der Waals surface area (Å²) in [5.41, 5.74) is 22.9. The van der Waals surface area contributed by atoms with Crippen LogP contribution in [0.15, 0.2) is 41.9 Å². The number of guanidine groups is 1. The Balaban J connectivity index is 2.25. The third-order valence-electron chi connectivity index (χ3n) is 7.07. The zero-order valence-corrected chi connectivity index (χ0v) is 23.4. The van der Waals surface area contributed by atoms with Gasteiger partial charge in [0, 0.05) is 18.7 Å². The number of nitrogen functional groups attached to an aromatic ring is 1. The SMILES string of the molecule is C=CCNC(=O)C(Cc1ccc(C(=N)N)cc1)C(=O)N[C@H](C(=O)N[C@@H](CCCN=C(N)N)C(N)=O)C1CCCCC1. The van der Waals surface area contributed by atoms with Crippen LogP contribution < -0.4 is 38.9 Å². The van der Waals surface area contributed by atoms with Gasteiger partial charge in [0.15, 0.2) is 5.96 Å². The molecule has 0 aromatic heterocycles. The molecular formula is C28H43N9O4. The molecule has 0 spiro atoms. The van der Waals surface area contributed by atoms with Gasteiger partial charge in [-0.2, -0.15) is 0 Å². The minimum atomic E-state index is -1.15. The third-order valence-corrected chi connectivity index (χ3v) is 7.07. The second-order valence-electron chi connectivity index (χ2n) is 10.2. The number of benzene rings is 1. The highest BCUT2D eigenvalue weighted by Gasteiger charge is 2.36. The summed E-state index contributed by atoms with van der Waals surface area (Å²) in [4.78, 5) is 56.2. The lowest BCUT2D eigenvalue weighted by molar-refractivity contribution is -0.138. The van der Waals surface area contributed by atoms with Crippen molar-refractivity contribution in [1.29, 1.82) is 5.41 Å². The number of rotatable bonds is 16. The predicted molar refractivity (Wildman–Crippen MR) is 157 cm³/mol. The first-order valence-corrected chi connectivity index (χ1v) is 13.8. The Morgan fingerprint density at radius 2 is 1.63 bits per heavy atom. The molecule has 13 nitrogen and oxygen atoms in total. The number of nitrogens with one attached hydrogen (secondary N) is 4. The Morgan fingerprint density at radius 1 is 0.976 bits per heavy atom. The average molecular weight is 570 g/mol. The summed E-state index contributed by atoms with van der Waals surface area (Å²) in [5.74, 6) is -3.88. The van der Waals surface area contributed by atoms with Crippen molar-refractivity contribution in [3.05, 3.63) is 48.0 Å². The Morgan fingerprint density at radius 3 is 2.20 bits per heavy atom. The summed E-state index contributed by atoms with van der Waals surface area (Å²) in [6.07, 6.45) is 6.42. The summed E-state index contributed by atoms with van der Waals surface area (Å²) < 4.78 is 0. The van der Waals surface area contributed by atoms with Crippen LogP contribution >= 0.6 is 0 Å². The number of carbonyl (C=O) groups is 4.